The summed E-state index contributed by atoms with van der Waals surface area (Å²) in [5.74, 6) is 0. The molecule has 0 amide bonds. The second-order valence-corrected chi connectivity index (χ2v) is 8.04. The van der Waals surface area contributed by atoms with E-state index in [2.05, 4.69) is 27.6 Å². The molecule has 1 atom stereocenters. The lowest BCUT2D eigenvalue weighted by molar-refractivity contribution is 0.579. The molecule has 1 aromatic rings. The summed E-state index contributed by atoms with van der Waals surface area (Å²) in [6, 6.07) is 5.04. The van der Waals surface area contributed by atoms with Crippen molar-refractivity contribution < 1.29 is 8.42 Å². The molecule has 0 saturated heterocycles. The van der Waals surface area contributed by atoms with Crippen LogP contribution >= 0.6 is 27.7 Å². The topological polar surface area (TPSA) is 46.2 Å². The Bertz CT molecular complexity index is 503. The Hall–Kier alpha value is -0.0400. The van der Waals surface area contributed by atoms with Gasteiger partial charge in [-0.1, -0.05) is 22.9 Å². The van der Waals surface area contributed by atoms with E-state index < -0.39 is 10.0 Å². The fourth-order valence-electron chi connectivity index (χ4n) is 1.38. The number of hydrogen-bond acceptors (Lipinski definition) is 3. The van der Waals surface area contributed by atoms with Gasteiger partial charge in [0.25, 0.3) is 0 Å². The molecule has 0 spiro atoms. The number of aryl methyl sites for hydroxylation is 1. The molecule has 18 heavy (non-hydrogen) atoms. The van der Waals surface area contributed by atoms with Crippen molar-refractivity contribution in [3.63, 3.8) is 0 Å². The fraction of sp³-hybridized carbons (Fsp3) is 0.500. The zero-order valence-corrected chi connectivity index (χ0v) is 14.0. The smallest absolute Gasteiger partial charge is 0.211 e. The van der Waals surface area contributed by atoms with Gasteiger partial charge in [0, 0.05) is 16.3 Å². The largest absolute Gasteiger partial charge is 0.240 e. The molecule has 0 aliphatic heterocycles. The molecule has 0 fully saturated rings. The second kappa shape index (κ2) is 6.93. The number of halogens is 1. The molecule has 1 N–H and O–H groups in total. The van der Waals surface area contributed by atoms with Gasteiger partial charge in [-0.15, -0.1) is 0 Å². The minimum atomic E-state index is -3.38. The van der Waals surface area contributed by atoms with E-state index in [1.165, 1.54) is 0 Å². The molecule has 0 aromatic heterocycles. The van der Waals surface area contributed by atoms with Gasteiger partial charge < -0.3 is 0 Å². The summed E-state index contributed by atoms with van der Waals surface area (Å²) in [4.78, 5) is 0.319. The van der Waals surface area contributed by atoms with Gasteiger partial charge in [-0.05, 0) is 43.4 Å². The first-order valence-corrected chi connectivity index (χ1v) is 9.22. The number of thioether (sulfide) groups is 1. The van der Waals surface area contributed by atoms with Gasteiger partial charge in [0.05, 0.1) is 4.90 Å². The Morgan fingerprint density at radius 3 is 2.67 bits per heavy atom. The molecule has 0 saturated carbocycles. The quantitative estimate of drug-likeness (QED) is 0.855. The molecule has 0 radical (unpaired) electrons. The minimum Gasteiger partial charge on any atom is -0.211 e. The van der Waals surface area contributed by atoms with Gasteiger partial charge in [-0.2, -0.15) is 11.8 Å². The van der Waals surface area contributed by atoms with E-state index in [9.17, 15) is 8.42 Å². The molecule has 0 aliphatic carbocycles. The molecular weight excluding hydrogens is 334 g/mol. The summed E-state index contributed by atoms with van der Waals surface area (Å²) < 4.78 is 27.6. The van der Waals surface area contributed by atoms with Gasteiger partial charge in [0.1, 0.15) is 0 Å². The lowest BCUT2D eigenvalue weighted by Gasteiger charge is -2.10. The number of hydrogen-bond donors (Lipinski definition) is 1. The minimum absolute atomic E-state index is 0.319. The second-order valence-electron chi connectivity index (χ2n) is 4.14. The summed E-state index contributed by atoms with van der Waals surface area (Å²) >= 11 is 5.09. The van der Waals surface area contributed by atoms with Crippen LogP contribution in [0.25, 0.3) is 0 Å². The Labute approximate surface area is 122 Å². The fourth-order valence-corrected chi connectivity index (χ4v) is 3.11. The van der Waals surface area contributed by atoms with Gasteiger partial charge in [0.2, 0.25) is 10.0 Å². The number of rotatable bonds is 6. The summed E-state index contributed by atoms with van der Waals surface area (Å²) in [5.41, 5.74) is 0.912. The molecule has 0 bridgehead atoms. The zero-order chi connectivity index (χ0) is 13.8. The van der Waals surface area contributed by atoms with Crippen LogP contribution in [0.5, 0.6) is 0 Å². The first kappa shape index (κ1) is 16.0. The van der Waals surface area contributed by atoms with Crippen molar-refractivity contribution in [2.24, 2.45) is 0 Å². The molecule has 1 aromatic carbocycles. The van der Waals surface area contributed by atoms with Crippen LogP contribution in [0.15, 0.2) is 27.6 Å². The molecular formula is C12H18BrNO2S2. The third kappa shape index (κ3) is 4.57. The van der Waals surface area contributed by atoms with Crippen LogP contribution in [0.1, 0.15) is 18.9 Å². The van der Waals surface area contributed by atoms with Crippen LogP contribution < -0.4 is 4.72 Å². The van der Waals surface area contributed by atoms with Crippen LogP contribution in [0.4, 0.5) is 0 Å². The average molecular weight is 352 g/mol. The highest BCUT2D eigenvalue weighted by Crippen LogP contribution is 2.20. The van der Waals surface area contributed by atoms with Crippen molar-refractivity contribution in [1.29, 1.82) is 0 Å². The first-order chi connectivity index (χ1) is 8.36. The van der Waals surface area contributed by atoms with E-state index in [1.807, 2.05) is 13.2 Å². The van der Waals surface area contributed by atoms with Crippen LogP contribution in [0.3, 0.4) is 0 Å². The third-order valence-corrected chi connectivity index (χ3v) is 6.07. The van der Waals surface area contributed by atoms with E-state index in [1.54, 1.807) is 30.0 Å². The maximum atomic E-state index is 12.0. The first-order valence-electron chi connectivity index (χ1n) is 5.65. The van der Waals surface area contributed by atoms with Gasteiger partial charge in [0.15, 0.2) is 0 Å². The van der Waals surface area contributed by atoms with Crippen molar-refractivity contribution in [1.82, 2.24) is 4.72 Å². The lowest BCUT2D eigenvalue weighted by atomic mass is 10.2. The third-order valence-electron chi connectivity index (χ3n) is 2.69. The highest BCUT2D eigenvalue weighted by Gasteiger charge is 2.14. The Balaban J connectivity index is 2.71. The lowest BCUT2D eigenvalue weighted by Crippen LogP contribution is -2.26. The Kier molecular flexibility index (Phi) is 6.17. The highest BCUT2D eigenvalue weighted by atomic mass is 79.9. The molecule has 0 aliphatic rings. The van der Waals surface area contributed by atoms with E-state index in [-0.39, 0.29) is 0 Å². The number of sulfonamides is 1. The predicted molar refractivity (Wildman–Crippen MR) is 81.7 cm³/mol. The molecule has 3 nitrogen and oxygen atoms in total. The van der Waals surface area contributed by atoms with Crippen LogP contribution in [-0.4, -0.2) is 26.5 Å². The van der Waals surface area contributed by atoms with E-state index in [4.69, 9.17) is 0 Å². The zero-order valence-electron chi connectivity index (χ0n) is 10.7. The maximum absolute atomic E-state index is 12.0. The summed E-state index contributed by atoms with van der Waals surface area (Å²) in [7, 11) is -3.38. The van der Waals surface area contributed by atoms with E-state index in [0.717, 1.165) is 16.5 Å². The van der Waals surface area contributed by atoms with Crippen molar-refractivity contribution in [3.05, 3.63) is 28.2 Å². The molecule has 1 unspecified atom stereocenters. The van der Waals surface area contributed by atoms with E-state index in [0.29, 0.717) is 16.7 Å². The van der Waals surface area contributed by atoms with Crippen LogP contribution in [0.2, 0.25) is 0 Å². The Morgan fingerprint density at radius 2 is 2.11 bits per heavy atom. The van der Waals surface area contributed by atoms with Crippen molar-refractivity contribution in [3.8, 4) is 0 Å². The molecule has 6 heteroatoms. The maximum Gasteiger partial charge on any atom is 0.240 e. The molecule has 1 rings (SSSR count). The van der Waals surface area contributed by atoms with Crippen molar-refractivity contribution in [2.75, 3.05) is 12.8 Å². The predicted octanol–water partition coefficient (Wildman–Crippen LogP) is 3.18. The normalized spacial score (nSPS) is 13.6. The monoisotopic (exact) mass is 351 g/mol. The average Bonchev–Trinajstić information content (AvgIpc) is 2.32. The van der Waals surface area contributed by atoms with Gasteiger partial charge in [-0.3, -0.25) is 0 Å². The van der Waals surface area contributed by atoms with Crippen LogP contribution in [-0.2, 0) is 10.0 Å². The molecule has 102 valence electrons. The standard InChI is InChI=1S/C12H18BrNO2S2/c1-9-8-11(4-5-12(9)13)18(15,16)14-7-6-10(2)17-3/h4-5,8,10,14H,6-7H2,1-3H3. The van der Waals surface area contributed by atoms with Gasteiger partial charge >= 0.3 is 0 Å². The highest BCUT2D eigenvalue weighted by molar-refractivity contribution is 9.10. The van der Waals surface area contributed by atoms with Gasteiger partial charge in [-0.25, -0.2) is 13.1 Å². The summed E-state index contributed by atoms with van der Waals surface area (Å²) in [5, 5.41) is 0.458. The number of nitrogens with one attached hydrogen (secondary N) is 1. The van der Waals surface area contributed by atoms with E-state index >= 15 is 0 Å². The number of benzene rings is 1. The van der Waals surface area contributed by atoms with Crippen LogP contribution in [0, 0.1) is 6.92 Å². The molecule has 0 heterocycles. The Morgan fingerprint density at radius 1 is 1.44 bits per heavy atom. The van der Waals surface area contributed by atoms with Crippen molar-refractivity contribution in [2.45, 2.75) is 30.4 Å². The SMILES string of the molecule is CSC(C)CCNS(=O)(=O)c1ccc(Br)c(C)c1. The summed E-state index contributed by atoms with van der Waals surface area (Å²) in [6.45, 7) is 4.43. The van der Waals surface area contributed by atoms with Crippen molar-refractivity contribution >= 4 is 37.7 Å². The summed E-state index contributed by atoms with van der Waals surface area (Å²) in [6.07, 6.45) is 2.85.